The van der Waals surface area contributed by atoms with Crippen LogP contribution in [0.5, 0.6) is 0 Å². The Labute approximate surface area is 126 Å². The van der Waals surface area contributed by atoms with Gasteiger partial charge in [0.1, 0.15) is 10.7 Å². The van der Waals surface area contributed by atoms with E-state index in [9.17, 15) is 12.8 Å². The lowest BCUT2D eigenvalue weighted by Crippen LogP contribution is -2.12. The van der Waals surface area contributed by atoms with E-state index in [0.29, 0.717) is 5.82 Å². The number of anilines is 1. The van der Waals surface area contributed by atoms with Crippen LogP contribution in [0.3, 0.4) is 0 Å². The summed E-state index contributed by atoms with van der Waals surface area (Å²) in [5, 5.41) is 3.98. The smallest absolute Gasteiger partial charge is 0.265 e. The largest absolute Gasteiger partial charge is 0.280 e. The normalized spacial score (nSPS) is 11.3. The Bertz CT molecular complexity index is 877. The number of nitrogens with one attached hydrogen (secondary N) is 1. The van der Waals surface area contributed by atoms with Crippen molar-refractivity contribution in [1.82, 2.24) is 14.8 Å². The molecule has 0 saturated heterocycles. The fourth-order valence-corrected chi connectivity index (χ4v) is 2.78. The molecule has 0 saturated carbocycles. The van der Waals surface area contributed by atoms with Crippen molar-refractivity contribution in [3.05, 3.63) is 66.9 Å². The molecule has 0 fully saturated rings. The van der Waals surface area contributed by atoms with Crippen molar-refractivity contribution in [3.8, 4) is 5.82 Å². The number of nitrogens with zero attached hydrogens (tertiary/aromatic N) is 3. The summed E-state index contributed by atoms with van der Waals surface area (Å²) in [6.45, 7) is 0. The van der Waals surface area contributed by atoms with Crippen LogP contribution in [-0.4, -0.2) is 23.2 Å². The highest BCUT2D eigenvalue weighted by molar-refractivity contribution is 7.92. The maximum Gasteiger partial charge on any atom is 0.265 e. The van der Waals surface area contributed by atoms with E-state index in [1.54, 1.807) is 24.4 Å². The predicted molar refractivity (Wildman–Crippen MR) is 78.6 cm³/mol. The van der Waals surface area contributed by atoms with Crippen molar-refractivity contribution in [2.75, 3.05) is 4.72 Å². The van der Waals surface area contributed by atoms with Gasteiger partial charge in [-0.05, 0) is 36.4 Å². The third kappa shape index (κ3) is 2.96. The average Bonchev–Trinajstić information content (AvgIpc) is 3.01. The molecular weight excluding hydrogens is 307 g/mol. The number of rotatable bonds is 4. The first-order valence-electron chi connectivity index (χ1n) is 6.29. The van der Waals surface area contributed by atoms with Gasteiger partial charge in [-0.25, -0.2) is 22.5 Å². The number of hydrogen-bond donors (Lipinski definition) is 1. The molecule has 2 aromatic heterocycles. The van der Waals surface area contributed by atoms with Gasteiger partial charge in [-0.2, -0.15) is 5.10 Å². The number of aromatic nitrogens is 3. The van der Waals surface area contributed by atoms with Crippen molar-refractivity contribution in [1.29, 1.82) is 0 Å². The van der Waals surface area contributed by atoms with E-state index >= 15 is 0 Å². The zero-order valence-corrected chi connectivity index (χ0v) is 12.0. The minimum atomic E-state index is -3.80. The highest BCUT2D eigenvalue weighted by Gasteiger charge is 2.17. The number of hydrogen-bond acceptors (Lipinski definition) is 4. The quantitative estimate of drug-likeness (QED) is 0.800. The SMILES string of the molecule is O=S(=O)(Nc1ccc(F)cc1)c1cnn(-c2ccccn2)c1. The summed E-state index contributed by atoms with van der Waals surface area (Å²) in [6.07, 6.45) is 4.16. The Kier molecular flexibility index (Phi) is 3.60. The first kappa shape index (κ1) is 14.2. The number of pyridine rings is 1. The molecule has 1 aromatic carbocycles. The maximum atomic E-state index is 12.8. The zero-order chi connectivity index (χ0) is 15.6. The van der Waals surface area contributed by atoms with Gasteiger partial charge in [0.05, 0.1) is 12.4 Å². The van der Waals surface area contributed by atoms with E-state index in [1.807, 2.05) is 0 Å². The topological polar surface area (TPSA) is 76.9 Å². The van der Waals surface area contributed by atoms with Gasteiger partial charge in [-0.15, -0.1) is 0 Å². The molecule has 1 N–H and O–H groups in total. The van der Waals surface area contributed by atoms with Crippen LogP contribution in [0.15, 0.2) is 66.0 Å². The molecule has 3 rings (SSSR count). The first-order chi connectivity index (χ1) is 10.5. The number of halogens is 1. The van der Waals surface area contributed by atoms with E-state index < -0.39 is 15.8 Å². The third-order valence-electron chi connectivity index (χ3n) is 2.85. The molecule has 0 aliphatic rings. The first-order valence-corrected chi connectivity index (χ1v) is 7.77. The molecule has 0 bridgehead atoms. The summed E-state index contributed by atoms with van der Waals surface area (Å²) in [5.41, 5.74) is 0.270. The Hall–Kier alpha value is -2.74. The minimum Gasteiger partial charge on any atom is -0.280 e. The van der Waals surface area contributed by atoms with Gasteiger partial charge in [0, 0.05) is 11.9 Å². The van der Waals surface area contributed by atoms with Gasteiger partial charge in [-0.1, -0.05) is 6.07 Å². The number of benzene rings is 1. The van der Waals surface area contributed by atoms with Crippen molar-refractivity contribution in [2.24, 2.45) is 0 Å². The molecule has 0 spiro atoms. The Balaban J connectivity index is 1.87. The van der Waals surface area contributed by atoms with Gasteiger partial charge in [0.15, 0.2) is 5.82 Å². The van der Waals surface area contributed by atoms with E-state index in [4.69, 9.17) is 0 Å². The van der Waals surface area contributed by atoms with Crippen LogP contribution in [0.25, 0.3) is 5.82 Å². The van der Waals surface area contributed by atoms with Crippen LogP contribution in [0.1, 0.15) is 0 Å². The zero-order valence-electron chi connectivity index (χ0n) is 11.2. The lowest BCUT2D eigenvalue weighted by atomic mass is 10.3. The second kappa shape index (κ2) is 5.57. The van der Waals surface area contributed by atoms with Gasteiger partial charge in [0.2, 0.25) is 0 Å². The third-order valence-corrected chi connectivity index (χ3v) is 4.19. The summed E-state index contributed by atoms with van der Waals surface area (Å²) in [4.78, 5) is 4.07. The van der Waals surface area contributed by atoms with Crippen molar-refractivity contribution in [2.45, 2.75) is 4.90 Å². The van der Waals surface area contributed by atoms with Gasteiger partial charge in [-0.3, -0.25) is 4.72 Å². The summed E-state index contributed by atoms with van der Waals surface area (Å²) >= 11 is 0. The van der Waals surface area contributed by atoms with Gasteiger partial charge >= 0.3 is 0 Å². The summed E-state index contributed by atoms with van der Waals surface area (Å²) in [7, 11) is -3.80. The molecule has 3 aromatic rings. The molecular formula is C14H11FN4O2S. The Morgan fingerprint density at radius 3 is 2.55 bits per heavy atom. The molecule has 2 heterocycles. The van der Waals surface area contributed by atoms with Gasteiger partial charge < -0.3 is 0 Å². The van der Waals surface area contributed by atoms with E-state index in [0.717, 1.165) is 0 Å². The lowest BCUT2D eigenvalue weighted by molar-refractivity contribution is 0.601. The van der Waals surface area contributed by atoms with Crippen molar-refractivity contribution < 1.29 is 12.8 Å². The summed E-state index contributed by atoms with van der Waals surface area (Å²) in [6, 6.07) is 10.3. The minimum absolute atomic E-state index is 0.0116. The van der Waals surface area contributed by atoms with Crippen LogP contribution in [0.2, 0.25) is 0 Å². The van der Waals surface area contributed by atoms with Crippen LogP contribution in [0, 0.1) is 5.82 Å². The van der Waals surface area contributed by atoms with E-state index in [-0.39, 0.29) is 10.6 Å². The maximum absolute atomic E-state index is 12.8. The Morgan fingerprint density at radius 1 is 1.09 bits per heavy atom. The average molecular weight is 318 g/mol. The fraction of sp³-hybridized carbons (Fsp3) is 0. The van der Waals surface area contributed by atoms with E-state index in [1.165, 1.54) is 41.3 Å². The monoisotopic (exact) mass is 318 g/mol. The van der Waals surface area contributed by atoms with Crippen LogP contribution in [-0.2, 0) is 10.0 Å². The van der Waals surface area contributed by atoms with Crippen LogP contribution in [0.4, 0.5) is 10.1 Å². The standard InChI is InChI=1S/C14H11FN4O2S/c15-11-4-6-12(7-5-11)18-22(20,21)13-9-17-19(10-13)14-3-1-2-8-16-14/h1-10,18H. The molecule has 0 amide bonds. The molecule has 8 heteroatoms. The molecule has 0 atom stereocenters. The second-order valence-electron chi connectivity index (χ2n) is 4.42. The van der Waals surface area contributed by atoms with Crippen molar-refractivity contribution in [3.63, 3.8) is 0 Å². The molecule has 0 aliphatic heterocycles. The lowest BCUT2D eigenvalue weighted by Gasteiger charge is -2.05. The fourth-order valence-electron chi connectivity index (χ4n) is 1.79. The highest BCUT2D eigenvalue weighted by Crippen LogP contribution is 2.16. The summed E-state index contributed by atoms with van der Waals surface area (Å²) < 4.78 is 41.1. The Morgan fingerprint density at radius 2 is 1.86 bits per heavy atom. The molecule has 22 heavy (non-hydrogen) atoms. The van der Waals surface area contributed by atoms with Crippen LogP contribution >= 0.6 is 0 Å². The van der Waals surface area contributed by atoms with Gasteiger partial charge in [0.25, 0.3) is 10.0 Å². The van der Waals surface area contributed by atoms with Crippen molar-refractivity contribution >= 4 is 15.7 Å². The molecule has 0 unspecified atom stereocenters. The number of sulfonamides is 1. The molecule has 112 valence electrons. The predicted octanol–water partition coefficient (Wildman–Crippen LogP) is 2.21. The molecule has 0 radical (unpaired) electrons. The second-order valence-corrected chi connectivity index (χ2v) is 6.10. The van der Waals surface area contributed by atoms with E-state index in [2.05, 4.69) is 14.8 Å². The summed E-state index contributed by atoms with van der Waals surface area (Å²) in [5.74, 6) is 0.0663. The van der Waals surface area contributed by atoms with Crippen LogP contribution < -0.4 is 4.72 Å². The molecule has 0 aliphatic carbocycles. The molecule has 6 nitrogen and oxygen atoms in total. The highest BCUT2D eigenvalue weighted by atomic mass is 32.2.